The van der Waals surface area contributed by atoms with Crippen LogP contribution in [0.5, 0.6) is 0 Å². The first-order valence-electron chi connectivity index (χ1n) is 19.4. The minimum Gasteiger partial charge on any atom is -0.309 e. The van der Waals surface area contributed by atoms with Gasteiger partial charge in [0.2, 0.25) is 0 Å². The first-order chi connectivity index (χ1) is 27.8. The van der Waals surface area contributed by atoms with Crippen molar-refractivity contribution in [2.24, 2.45) is 0 Å². The molecule has 1 aliphatic rings. The van der Waals surface area contributed by atoms with Gasteiger partial charge in [0.05, 0.1) is 22.1 Å². The summed E-state index contributed by atoms with van der Waals surface area (Å²) in [6.07, 6.45) is 0. The number of hydrogen-bond donors (Lipinski definition) is 0. The quantitative estimate of drug-likeness (QED) is 0.173. The van der Waals surface area contributed by atoms with Gasteiger partial charge in [-0.3, -0.25) is 0 Å². The number of nitrogens with zero attached hydrogens (tertiary/aromatic N) is 2. The van der Waals surface area contributed by atoms with Gasteiger partial charge in [-0.25, -0.2) is 0 Å². The van der Waals surface area contributed by atoms with Gasteiger partial charge >= 0.3 is 0 Å². The monoisotopic (exact) mass is 710 g/mol. The minimum atomic E-state index is 1.15. The van der Waals surface area contributed by atoms with Crippen LogP contribution in [0.1, 0.15) is 0 Å². The van der Waals surface area contributed by atoms with Crippen molar-refractivity contribution in [3.05, 3.63) is 206 Å². The normalized spacial score (nSPS) is 11.9. The number of benzene rings is 9. The zero-order chi connectivity index (χ0) is 36.7. The van der Waals surface area contributed by atoms with E-state index in [9.17, 15) is 0 Å². The van der Waals surface area contributed by atoms with Crippen LogP contribution in [-0.2, 0) is 0 Å². The van der Waals surface area contributed by atoms with E-state index in [2.05, 4.69) is 215 Å². The summed E-state index contributed by atoms with van der Waals surface area (Å²) in [6.45, 7) is 0. The lowest BCUT2D eigenvalue weighted by Gasteiger charge is -2.23. The molecule has 2 heterocycles. The van der Waals surface area contributed by atoms with Gasteiger partial charge in [-0.2, -0.15) is 0 Å². The Hall–Kier alpha value is -7.42. The van der Waals surface area contributed by atoms with Gasteiger partial charge in [0, 0.05) is 32.9 Å². The van der Waals surface area contributed by atoms with Crippen molar-refractivity contribution in [3.63, 3.8) is 0 Å². The highest BCUT2D eigenvalue weighted by molar-refractivity contribution is 6.13. The predicted octanol–water partition coefficient (Wildman–Crippen LogP) is 14.5. The summed E-state index contributed by atoms with van der Waals surface area (Å²) in [5, 5.41) is 5.00. The van der Waals surface area contributed by atoms with E-state index in [-0.39, 0.29) is 0 Å². The summed E-state index contributed by atoms with van der Waals surface area (Å²) in [5.74, 6) is 0. The third-order valence-electron chi connectivity index (χ3n) is 11.9. The van der Waals surface area contributed by atoms with E-state index in [1.807, 2.05) is 0 Å². The molecule has 11 aromatic rings. The molecule has 0 aliphatic heterocycles. The number of fused-ring (bicyclic) bond motifs is 14. The fourth-order valence-corrected chi connectivity index (χ4v) is 9.43. The Morgan fingerprint density at radius 3 is 1.20 bits per heavy atom. The highest BCUT2D eigenvalue weighted by atomic mass is 15.0. The number of aromatic nitrogens is 2. The van der Waals surface area contributed by atoms with Gasteiger partial charge in [-0.1, -0.05) is 146 Å². The molecule has 260 valence electrons. The van der Waals surface area contributed by atoms with Crippen molar-refractivity contribution in [3.8, 4) is 67.0 Å². The molecule has 0 fully saturated rings. The van der Waals surface area contributed by atoms with Gasteiger partial charge in [0.25, 0.3) is 0 Å². The van der Waals surface area contributed by atoms with Crippen LogP contribution >= 0.6 is 0 Å². The number of hydrogen-bond acceptors (Lipinski definition) is 0. The molecule has 9 aromatic carbocycles. The molecule has 0 spiro atoms. The first kappa shape index (κ1) is 31.0. The Morgan fingerprint density at radius 2 is 0.607 bits per heavy atom. The second-order valence-corrected chi connectivity index (χ2v) is 14.9. The summed E-state index contributed by atoms with van der Waals surface area (Å²) in [6, 6.07) is 75.9. The fourth-order valence-electron chi connectivity index (χ4n) is 9.43. The van der Waals surface area contributed by atoms with Crippen LogP contribution in [0.25, 0.3) is 111 Å². The van der Waals surface area contributed by atoms with Gasteiger partial charge in [-0.05, 0) is 116 Å². The average molecular weight is 711 g/mol. The van der Waals surface area contributed by atoms with E-state index in [1.54, 1.807) is 0 Å². The molecule has 12 rings (SSSR count). The Bertz CT molecular complexity index is 3300. The van der Waals surface area contributed by atoms with E-state index in [0.29, 0.717) is 0 Å². The fraction of sp³-hybridized carbons (Fsp3) is 0. The molecule has 0 N–H and O–H groups in total. The maximum absolute atomic E-state index is 2.42. The lowest BCUT2D eigenvalue weighted by molar-refractivity contribution is 1.17. The maximum atomic E-state index is 2.42. The van der Waals surface area contributed by atoms with Crippen LogP contribution in [0.2, 0.25) is 0 Å². The van der Waals surface area contributed by atoms with Crippen LogP contribution < -0.4 is 0 Å². The molecule has 0 amide bonds. The Labute approximate surface area is 324 Å². The second-order valence-electron chi connectivity index (χ2n) is 14.9. The molecule has 0 unspecified atom stereocenters. The van der Waals surface area contributed by atoms with E-state index < -0.39 is 0 Å². The van der Waals surface area contributed by atoms with Crippen LogP contribution in [-0.4, -0.2) is 9.13 Å². The van der Waals surface area contributed by atoms with Crippen molar-refractivity contribution < 1.29 is 0 Å². The van der Waals surface area contributed by atoms with Crippen molar-refractivity contribution in [1.29, 1.82) is 0 Å². The van der Waals surface area contributed by atoms with E-state index in [4.69, 9.17) is 0 Å². The topological polar surface area (TPSA) is 9.86 Å². The molecule has 2 aromatic heterocycles. The molecule has 0 bridgehead atoms. The second kappa shape index (κ2) is 12.0. The minimum absolute atomic E-state index is 1.15. The number of para-hydroxylation sites is 3. The third kappa shape index (κ3) is 4.50. The molecule has 56 heavy (non-hydrogen) atoms. The highest BCUT2D eigenvalue weighted by Crippen LogP contribution is 2.48. The van der Waals surface area contributed by atoms with Crippen molar-refractivity contribution in [1.82, 2.24) is 9.13 Å². The van der Waals surface area contributed by atoms with Crippen LogP contribution in [0.3, 0.4) is 0 Å². The largest absolute Gasteiger partial charge is 0.309 e. The molecule has 2 nitrogen and oxygen atoms in total. The van der Waals surface area contributed by atoms with Crippen LogP contribution in [0.15, 0.2) is 206 Å². The first-order valence-corrected chi connectivity index (χ1v) is 19.4. The Morgan fingerprint density at radius 1 is 0.214 bits per heavy atom. The molecule has 0 atom stereocenters. The predicted molar refractivity (Wildman–Crippen MR) is 236 cm³/mol. The van der Waals surface area contributed by atoms with Gasteiger partial charge in [0.15, 0.2) is 0 Å². The summed E-state index contributed by atoms with van der Waals surface area (Å²) < 4.78 is 4.83. The summed E-state index contributed by atoms with van der Waals surface area (Å²) in [7, 11) is 0. The highest BCUT2D eigenvalue weighted by Gasteiger charge is 2.23. The van der Waals surface area contributed by atoms with Crippen LogP contribution in [0, 0.1) is 0 Å². The SMILES string of the molecule is c1ccc(-n2c3ccc(-c4ccc5c(c4)-c4ccccc4-c4ccccc4-c4ccccc4-5)cc3c3cc(-n4c5ccccc5c5ccccc54)ccc32)cc1. The van der Waals surface area contributed by atoms with Gasteiger partial charge in [-0.15, -0.1) is 0 Å². The van der Waals surface area contributed by atoms with Crippen LogP contribution in [0.4, 0.5) is 0 Å². The van der Waals surface area contributed by atoms with Crippen molar-refractivity contribution >= 4 is 43.6 Å². The molecular formula is C54H34N2. The summed E-state index contributed by atoms with van der Waals surface area (Å²) in [4.78, 5) is 0. The zero-order valence-corrected chi connectivity index (χ0v) is 30.5. The molecule has 0 saturated heterocycles. The molecule has 0 saturated carbocycles. The van der Waals surface area contributed by atoms with Gasteiger partial charge < -0.3 is 9.13 Å². The van der Waals surface area contributed by atoms with E-state index >= 15 is 0 Å². The smallest absolute Gasteiger partial charge is 0.0542 e. The number of rotatable bonds is 3. The van der Waals surface area contributed by atoms with Gasteiger partial charge in [0.1, 0.15) is 0 Å². The van der Waals surface area contributed by atoms with Crippen molar-refractivity contribution in [2.75, 3.05) is 0 Å². The summed E-state index contributed by atoms with van der Waals surface area (Å²) >= 11 is 0. The standard InChI is InChI=1S/C54H34N2/c1-2-14-37(15-3-1)55-53-30-27-36(33-49(53)50-34-38(28-31-54(50)55)56-51-24-12-10-22-46(51)47-23-11-13-25-52(47)56)35-26-29-45-43-20-7-6-18-41(43)39-16-4-5-17-40(39)42-19-8-9-21-44(42)48(45)32-35/h1-34H. The maximum Gasteiger partial charge on any atom is 0.0542 e. The van der Waals surface area contributed by atoms with Crippen molar-refractivity contribution in [2.45, 2.75) is 0 Å². The Kier molecular flexibility index (Phi) is 6.66. The molecule has 1 aliphatic carbocycles. The lowest BCUT2D eigenvalue weighted by atomic mass is 9.80. The lowest BCUT2D eigenvalue weighted by Crippen LogP contribution is -1.97. The van der Waals surface area contributed by atoms with E-state index in [0.717, 1.165) is 11.4 Å². The average Bonchev–Trinajstić information content (AvgIpc) is 3.78. The van der Waals surface area contributed by atoms with E-state index in [1.165, 1.54) is 99.2 Å². The Balaban J connectivity index is 1.10. The molecular weight excluding hydrogens is 677 g/mol. The third-order valence-corrected chi connectivity index (χ3v) is 11.9. The molecule has 2 heteroatoms. The zero-order valence-electron chi connectivity index (χ0n) is 30.5. The summed E-state index contributed by atoms with van der Waals surface area (Å²) in [5.41, 5.74) is 19.6. The molecule has 0 radical (unpaired) electrons.